The van der Waals surface area contributed by atoms with Crippen LogP contribution in [0.2, 0.25) is 0 Å². The summed E-state index contributed by atoms with van der Waals surface area (Å²) in [6.45, 7) is 6.15. The molecule has 0 amide bonds. The molecule has 1 aromatic rings. The zero-order valence-electron chi connectivity index (χ0n) is 16.6. The van der Waals surface area contributed by atoms with Gasteiger partial charge in [0.15, 0.2) is 15.8 Å². The number of sulfone groups is 1. The van der Waals surface area contributed by atoms with Crippen LogP contribution in [0.25, 0.3) is 0 Å². The molecule has 2 rings (SSSR count). The zero-order valence-corrected chi connectivity index (χ0v) is 19.7. The van der Waals surface area contributed by atoms with E-state index in [0.717, 1.165) is 31.0 Å². The number of piperidine rings is 1. The number of guanidine groups is 1. The SMILES string of the molecule is CN=C(NCCCN1CCCCC1C)NCc1ccc(S(C)(=O)=O)cc1.I. The Bertz CT molecular complexity index is 692. The molecule has 27 heavy (non-hydrogen) atoms. The van der Waals surface area contributed by atoms with Crippen LogP contribution in [0.5, 0.6) is 0 Å². The number of hydrogen-bond donors (Lipinski definition) is 2. The van der Waals surface area contributed by atoms with Gasteiger partial charge in [0.25, 0.3) is 0 Å². The molecule has 1 unspecified atom stereocenters. The third-order valence-electron chi connectivity index (χ3n) is 4.89. The van der Waals surface area contributed by atoms with Crippen molar-refractivity contribution < 1.29 is 8.42 Å². The summed E-state index contributed by atoms with van der Waals surface area (Å²) in [6.07, 6.45) is 6.30. The summed E-state index contributed by atoms with van der Waals surface area (Å²) in [6, 6.07) is 7.64. The minimum Gasteiger partial charge on any atom is -0.356 e. The highest BCUT2D eigenvalue weighted by Gasteiger charge is 2.17. The van der Waals surface area contributed by atoms with E-state index in [1.165, 1.54) is 32.1 Å². The number of rotatable bonds is 7. The summed E-state index contributed by atoms with van der Waals surface area (Å²) in [5.41, 5.74) is 1.02. The molecule has 1 heterocycles. The predicted octanol–water partition coefficient (Wildman–Crippen LogP) is 2.64. The average Bonchev–Trinajstić information content (AvgIpc) is 2.62. The second-order valence-electron chi connectivity index (χ2n) is 7.00. The summed E-state index contributed by atoms with van der Waals surface area (Å²) < 4.78 is 23.0. The van der Waals surface area contributed by atoms with Gasteiger partial charge in [-0.3, -0.25) is 4.99 Å². The van der Waals surface area contributed by atoms with Crippen LogP contribution in [0.4, 0.5) is 0 Å². The first-order valence-electron chi connectivity index (χ1n) is 9.37. The van der Waals surface area contributed by atoms with Crippen LogP contribution in [0.3, 0.4) is 0 Å². The molecule has 8 heteroatoms. The Morgan fingerprint density at radius 1 is 1.22 bits per heavy atom. The second-order valence-corrected chi connectivity index (χ2v) is 9.02. The molecule has 2 N–H and O–H groups in total. The largest absolute Gasteiger partial charge is 0.356 e. The molecule has 1 atom stereocenters. The molecular weight excluding hydrogens is 475 g/mol. The highest BCUT2D eigenvalue weighted by molar-refractivity contribution is 14.0. The van der Waals surface area contributed by atoms with Crippen molar-refractivity contribution in [2.24, 2.45) is 4.99 Å². The highest BCUT2D eigenvalue weighted by Crippen LogP contribution is 2.16. The molecule has 0 bridgehead atoms. The Morgan fingerprint density at radius 3 is 2.52 bits per heavy atom. The molecule has 6 nitrogen and oxygen atoms in total. The highest BCUT2D eigenvalue weighted by atomic mass is 127. The Balaban J connectivity index is 0.00000364. The lowest BCUT2D eigenvalue weighted by atomic mass is 10.0. The molecule has 1 aliphatic heterocycles. The fourth-order valence-corrected chi connectivity index (χ4v) is 3.87. The van der Waals surface area contributed by atoms with Crippen molar-refractivity contribution in [3.63, 3.8) is 0 Å². The molecule has 0 radical (unpaired) electrons. The quantitative estimate of drug-likeness (QED) is 0.257. The van der Waals surface area contributed by atoms with Crippen molar-refractivity contribution in [2.45, 2.75) is 50.1 Å². The zero-order chi connectivity index (χ0) is 19.0. The van der Waals surface area contributed by atoms with Crippen molar-refractivity contribution >= 4 is 39.8 Å². The number of nitrogens with zero attached hydrogens (tertiary/aromatic N) is 2. The first-order valence-corrected chi connectivity index (χ1v) is 11.3. The van der Waals surface area contributed by atoms with E-state index in [0.29, 0.717) is 17.5 Å². The van der Waals surface area contributed by atoms with Crippen LogP contribution in [-0.4, -0.2) is 58.3 Å². The number of aliphatic imine (C=N–C) groups is 1. The lowest BCUT2D eigenvalue weighted by Gasteiger charge is -2.33. The van der Waals surface area contributed by atoms with Crippen LogP contribution >= 0.6 is 24.0 Å². The van der Waals surface area contributed by atoms with Crippen LogP contribution in [-0.2, 0) is 16.4 Å². The van der Waals surface area contributed by atoms with Crippen LogP contribution in [0.15, 0.2) is 34.2 Å². The van der Waals surface area contributed by atoms with Crippen LogP contribution in [0, 0.1) is 0 Å². The molecule has 1 saturated heterocycles. The molecule has 0 aliphatic carbocycles. The van der Waals surface area contributed by atoms with Gasteiger partial charge >= 0.3 is 0 Å². The van der Waals surface area contributed by atoms with Crippen LogP contribution < -0.4 is 10.6 Å². The first-order chi connectivity index (χ1) is 12.4. The van der Waals surface area contributed by atoms with E-state index < -0.39 is 9.84 Å². The molecule has 0 saturated carbocycles. The summed E-state index contributed by atoms with van der Waals surface area (Å²) >= 11 is 0. The van der Waals surface area contributed by atoms with Gasteiger partial charge in [-0.25, -0.2) is 8.42 Å². The smallest absolute Gasteiger partial charge is 0.191 e. The van der Waals surface area contributed by atoms with Gasteiger partial charge in [-0.1, -0.05) is 18.6 Å². The molecule has 1 aliphatic rings. The van der Waals surface area contributed by atoms with E-state index in [1.807, 2.05) is 12.1 Å². The normalized spacial score (nSPS) is 18.6. The van der Waals surface area contributed by atoms with E-state index in [1.54, 1.807) is 19.2 Å². The number of likely N-dealkylation sites (tertiary alicyclic amines) is 1. The Labute approximate surface area is 181 Å². The Hall–Kier alpha value is -0.870. The number of halogens is 1. The number of nitrogens with one attached hydrogen (secondary N) is 2. The monoisotopic (exact) mass is 508 g/mol. The summed E-state index contributed by atoms with van der Waals surface area (Å²) in [5.74, 6) is 0.767. The van der Waals surface area contributed by atoms with Gasteiger partial charge in [0, 0.05) is 39.0 Å². The first kappa shape index (κ1) is 24.2. The predicted molar refractivity (Wildman–Crippen MR) is 123 cm³/mol. The van der Waals surface area contributed by atoms with Crippen molar-refractivity contribution in [1.82, 2.24) is 15.5 Å². The third-order valence-corrected chi connectivity index (χ3v) is 6.02. The van der Waals surface area contributed by atoms with Crippen molar-refractivity contribution in [1.29, 1.82) is 0 Å². The van der Waals surface area contributed by atoms with E-state index >= 15 is 0 Å². The standard InChI is InChI=1S/C19H32N4O2S.HI/c1-16-7-4-5-13-23(16)14-6-12-21-19(20-2)22-15-17-8-10-18(11-9-17)26(3,24)25;/h8-11,16H,4-7,12-15H2,1-3H3,(H2,20,21,22);1H. The van der Waals surface area contributed by atoms with Gasteiger partial charge in [-0.05, 0) is 50.4 Å². The van der Waals surface area contributed by atoms with Gasteiger partial charge in [0.2, 0.25) is 0 Å². The fourth-order valence-electron chi connectivity index (χ4n) is 3.24. The maximum atomic E-state index is 11.5. The topological polar surface area (TPSA) is 73.8 Å². The molecule has 1 fully saturated rings. The number of hydrogen-bond acceptors (Lipinski definition) is 4. The van der Waals surface area contributed by atoms with Crippen molar-refractivity contribution in [3.8, 4) is 0 Å². The van der Waals surface area contributed by atoms with E-state index in [-0.39, 0.29) is 24.0 Å². The lowest BCUT2D eigenvalue weighted by molar-refractivity contribution is 0.159. The summed E-state index contributed by atoms with van der Waals surface area (Å²) in [5, 5.41) is 6.61. The van der Waals surface area contributed by atoms with Gasteiger partial charge in [-0.15, -0.1) is 24.0 Å². The lowest BCUT2D eigenvalue weighted by Crippen LogP contribution is -2.41. The maximum absolute atomic E-state index is 11.5. The van der Waals surface area contributed by atoms with Gasteiger partial charge in [-0.2, -0.15) is 0 Å². The molecule has 0 spiro atoms. The minimum atomic E-state index is -3.14. The average molecular weight is 508 g/mol. The molecule has 154 valence electrons. The Kier molecular flexibility index (Phi) is 10.6. The maximum Gasteiger partial charge on any atom is 0.191 e. The van der Waals surface area contributed by atoms with Crippen LogP contribution in [0.1, 0.15) is 38.2 Å². The molecular formula is C19H33IN4O2S. The number of benzene rings is 1. The van der Waals surface area contributed by atoms with E-state index in [2.05, 4.69) is 27.4 Å². The third kappa shape index (κ3) is 8.35. The minimum absolute atomic E-state index is 0. The van der Waals surface area contributed by atoms with Crippen molar-refractivity contribution in [3.05, 3.63) is 29.8 Å². The van der Waals surface area contributed by atoms with Gasteiger partial charge in [0.05, 0.1) is 4.90 Å². The van der Waals surface area contributed by atoms with E-state index in [4.69, 9.17) is 0 Å². The van der Waals surface area contributed by atoms with Crippen molar-refractivity contribution in [2.75, 3.05) is 32.9 Å². The van der Waals surface area contributed by atoms with Gasteiger partial charge < -0.3 is 15.5 Å². The summed E-state index contributed by atoms with van der Waals surface area (Å²) in [7, 11) is -1.39. The Morgan fingerprint density at radius 2 is 1.93 bits per heavy atom. The molecule has 0 aromatic heterocycles. The fraction of sp³-hybridized carbons (Fsp3) is 0.632. The molecule has 1 aromatic carbocycles. The van der Waals surface area contributed by atoms with E-state index in [9.17, 15) is 8.42 Å². The summed E-state index contributed by atoms with van der Waals surface area (Å²) in [4.78, 5) is 7.16. The van der Waals surface area contributed by atoms with Gasteiger partial charge in [0.1, 0.15) is 0 Å². The second kappa shape index (κ2) is 11.9.